The van der Waals surface area contributed by atoms with Crippen LogP contribution in [-0.2, 0) is 0 Å². The Bertz CT molecular complexity index is 466. The zero-order valence-corrected chi connectivity index (χ0v) is 31.7. The van der Waals surface area contributed by atoms with Crippen LogP contribution in [0.2, 0.25) is 0 Å². The van der Waals surface area contributed by atoms with Gasteiger partial charge in [0, 0.05) is 12.1 Å². The van der Waals surface area contributed by atoms with Crippen molar-refractivity contribution in [3.05, 3.63) is 0 Å². The molecule has 2 atom stereocenters. The average Bonchev–Trinajstić information content (AvgIpc) is 3.05. The lowest BCUT2D eigenvalue weighted by molar-refractivity contribution is 0.336. The van der Waals surface area contributed by atoms with Gasteiger partial charge in [-0.2, -0.15) is 0 Å². The molecule has 0 radical (unpaired) electrons. The van der Waals surface area contributed by atoms with Crippen LogP contribution in [0.4, 0.5) is 0 Å². The largest absolute Gasteiger partial charge is 0.330 e. The number of unbranched alkanes of at least 4 members (excludes halogenated alkanes) is 28. The van der Waals surface area contributed by atoms with E-state index < -0.39 is 0 Å². The Hall–Kier alpha value is -0.120. The molecule has 0 saturated carbocycles. The minimum absolute atomic E-state index is 0.648. The standard InChI is InChI=1S/C42H89N3/c1-3-5-7-9-11-13-15-17-19-21-23-25-27-29-31-35-41(37-33-39-43)45-42(38-34-40-44)36-32-30-28-26-24-22-20-18-16-14-12-10-8-6-4-2/h41-42,45H,3-40,43-44H2,1-2H3. The van der Waals surface area contributed by atoms with E-state index in [9.17, 15) is 0 Å². The molecule has 0 amide bonds. The zero-order chi connectivity index (χ0) is 32.7. The lowest BCUT2D eigenvalue weighted by atomic mass is 9.97. The summed E-state index contributed by atoms with van der Waals surface area (Å²) in [5.74, 6) is 0. The maximum atomic E-state index is 5.93. The molecule has 272 valence electrons. The normalized spacial score (nSPS) is 13.1. The van der Waals surface area contributed by atoms with Gasteiger partial charge in [-0.25, -0.2) is 0 Å². The highest BCUT2D eigenvalue weighted by Crippen LogP contribution is 2.18. The van der Waals surface area contributed by atoms with Gasteiger partial charge in [0.2, 0.25) is 0 Å². The van der Waals surface area contributed by atoms with Gasteiger partial charge in [0.15, 0.2) is 0 Å². The Labute approximate surface area is 286 Å². The van der Waals surface area contributed by atoms with Crippen molar-refractivity contribution in [3.8, 4) is 0 Å². The summed E-state index contributed by atoms with van der Waals surface area (Å²) in [5.41, 5.74) is 11.9. The van der Waals surface area contributed by atoms with Crippen LogP contribution in [0, 0.1) is 0 Å². The molecule has 0 aromatic heterocycles. The SMILES string of the molecule is CCCCCCCCCCCCCCCCCC(CCCN)NC(CCCN)CCCCCCCCCCCCCCCCC. The quantitative estimate of drug-likeness (QED) is 0.0587. The van der Waals surface area contributed by atoms with Gasteiger partial charge in [-0.1, -0.05) is 206 Å². The summed E-state index contributed by atoms with van der Waals surface area (Å²) < 4.78 is 0. The van der Waals surface area contributed by atoms with Crippen molar-refractivity contribution in [1.82, 2.24) is 5.32 Å². The highest BCUT2D eigenvalue weighted by Gasteiger charge is 2.15. The van der Waals surface area contributed by atoms with Crippen LogP contribution < -0.4 is 16.8 Å². The summed E-state index contributed by atoms with van der Waals surface area (Å²) in [4.78, 5) is 0. The van der Waals surface area contributed by atoms with Crippen molar-refractivity contribution in [3.63, 3.8) is 0 Å². The number of nitrogens with two attached hydrogens (primary N) is 2. The molecular weight excluding hydrogens is 546 g/mol. The van der Waals surface area contributed by atoms with E-state index >= 15 is 0 Å². The Kier molecular flexibility index (Phi) is 39.9. The van der Waals surface area contributed by atoms with Crippen LogP contribution >= 0.6 is 0 Å². The molecule has 2 unspecified atom stereocenters. The fourth-order valence-corrected chi connectivity index (χ4v) is 7.21. The minimum atomic E-state index is 0.648. The third-order valence-electron chi connectivity index (χ3n) is 10.3. The van der Waals surface area contributed by atoms with Crippen molar-refractivity contribution >= 4 is 0 Å². The first-order chi connectivity index (χ1) is 22.3. The average molecular weight is 636 g/mol. The first kappa shape index (κ1) is 44.9. The Morgan fingerprint density at radius 1 is 0.289 bits per heavy atom. The van der Waals surface area contributed by atoms with Crippen LogP contribution in [0.1, 0.15) is 245 Å². The number of nitrogens with one attached hydrogen (secondary N) is 1. The number of rotatable bonds is 40. The second-order valence-corrected chi connectivity index (χ2v) is 14.9. The van der Waals surface area contributed by atoms with Crippen molar-refractivity contribution in [2.45, 2.75) is 257 Å². The van der Waals surface area contributed by atoms with Crippen LogP contribution in [0.3, 0.4) is 0 Å². The van der Waals surface area contributed by atoms with Gasteiger partial charge in [0.05, 0.1) is 0 Å². The van der Waals surface area contributed by atoms with E-state index in [0.717, 1.165) is 25.9 Å². The molecule has 0 aromatic carbocycles. The molecule has 5 N–H and O–H groups in total. The van der Waals surface area contributed by atoms with Gasteiger partial charge in [0.25, 0.3) is 0 Å². The lowest BCUT2D eigenvalue weighted by Crippen LogP contribution is -2.39. The van der Waals surface area contributed by atoms with Crippen molar-refractivity contribution in [2.75, 3.05) is 13.1 Å². The molecule has 45 heavy (non-hydrogen) atoms. The van der Waals surface area contributed by atoms with Crippen LogP contribution in [-0.4, -0.2) is 25.2 Å². The lowest BCUT2D eigenvalue weighted by Gasteiger charge is -2.26. The maximum absolute atomic E-state index is 5.93. The first-order valence-electron chi connectivity index (χ1n) is 21.4. The number of hydrogen-bond donors (Lipinski definition) is 3. The fourth-order valence-electron chi connectivity index (χ4n) is 7.21. The van der Waals surface area contributed by atoms with Crippen molar-refractivity contribution in [1.29, 1.82) is 0 Å². The van der Waals surface area contributed by atoms with E-state index in [1.165, 1.54) is 218 Å². The first-order valence-corrected chi connectivity index (χ1v) is 21.4. The van der Waals surface area contributed by atoms with Crippen LogP contribution in [0.25, 0.3) is 0 Å². The molecule has 0 fully saturated rings. The molecule has 3 nitrogen and oxygen atoms in total. The van der Waals surface area contributed by atoms with Gasteiger partial charge in [-0.3, -0.25) is 0 Å². The van der Waals surface area contributed by atoms with E-state index in [-0.39, 0.29) is 0 Å². The van der Waals surface area contributed by atoms with Gasteiger partial charge in [-0.15, -0.1) is 0 Å². The second-order valence-electron chi connectivity index (χ2n) is 14.9. The molecule has 0 aliphatic heterocycles. The van der Waals surface area contributed by atoms with Gasteiger partial charge < -0.3 is 16.8 Å². The molecule has 0 spiro atoms. The monoisotopic (exact) mass is 636 g/mol. The third-order valence-corrected chi connectivity index (χ3v) is 10.3. The predicted octanol–water partition coefficient (Wildman–Crippen LogP) is 13.3. The third kappa shape index (κ3) is 36.6. The van der Waals surface area contributed by atoms with Crippen molar-refractivity contribution < 1.29 is 0 Å². The minimum Gasteiger partial charge on any atom is -0.330 e. The summed E-state index contributed by atoms with van der Waals surface area (Å²) in [6.45, 7) is 6.26. The highest BCUT2D eigenvalue weighted by atomic mass is 14.9. The highest BCUT2D eigenvalue weighted by molar-refractivity contribution is 4.76. The summed E-state index contributed by atoms with van der Waals surface area (Å²) in [6, 6.07) is 1.30. The molecule has 0 heterocycles. The zero-order valence-electron chi connectivity index (χ0n) is 31.7. The second kappa shape index (κ2) is 40.1. The molecule has 0 saturated heterocycles. The fraction of sp³-hybridized carbons (Fsp3) is 1.00. The van der Waals surface area contributed by atoms with E-state index in [1.807, 2.05) is 0 Å². The Balaban J connectivity index is 3.90. The molecule has 0 aliphatic rings. The van der Waals surface area contributed by atoms with E-state index in [2.05, 4.69) is 19.2 Å². The topological polar surface area (TPSA) is 64.1 Å². The van der Waals surface area contributed by atoms with Gasteiger partial charge >= 0.3 is 0 Å². The van der Waals surface area contributed by atoms with Crippen molar-refractivity contribution in [2.24, 2.45) is 11.5 Å². The van der Waals surface area contributed by atoms with Crippen LogP contribution in [0.5, 0.6) is 0 Å². The summed E-state index contributed by atoms with van der Waals surface area (Å²) in [5, 5.41) is 4.11. The Morgan fingerprint density at radius 3 is 0.711 bits per heavy atom. The van der Waals surface area contributed by atoms with E-state index in [1.54, 1.807) is 0 Å². The van der Waals surface area contributed by atoms with E-state index in [4.69, 9.17) is 11.5 Å². The maximum Gasteiger partial charge on any atom is 0.00701 e. The molecule has 0 rings (SSSR count). The molecule has 0 bridgehead atoms. The summed E-state index contributed by atoms with van der Waals surface area (Å²) in [7, 11) is 0. The predicted molar refractivity (Wildman–Crippen MR) is 206 cm³/mol. The molecule has 0 aromatic rings. The van der Waals surface area contributed by atoms with Crippen LogP contribution in [0.15, 0.2) is 0 Å². The molecular formula is C42H89N3. The smallest absolute Gasteiger partial charge is 0.00701 e. The molecule has 0 aliphatic carbocycles. The van der Waals surface area contributed by atoms with Gasteiger partial charge in [-0.05, 0) is 51.6 Å². The summed E-state index contributed by atoms with van der Waals surface area (Å²) in [6.07, 6.45) is 50.6. The summed E-state index contributed by atoms with van der Waals surface area (Å²) >= 11 is 0. The van der Waals surface area contributed by atoms with E-state index in [0.29, 0.717) is 12.1 Å². The number of hydrogen-bond acceptors (Lipinski definition) is 3. The molecule has 3 heteroatoms. The Morgan fingerprint density at radius 2 is 0.489 bits per heavy atom. The van der Waals surface area contributed by atoms with Gasteiger partial charge in [0.1, 0.15) is 0 Å².